The van der Waals surface area contributed by atoms with Crippen molar-refractivity contribution in [2.24, 2.45) is 0 Å². The molecule has 1 aliphatic heterocycles. The molecule has 0 aliphatic carbocycles. The zero-order valence-electron chi connectivity index (χ0n) is 17.2. The first-order valence-electron chi connectivity index (χ1n) is 10.00. The SMILES string of the molecule is C=CCc1cc(C(=O)NCc2ccc(N3CCCCC3)nc2)cc(OC)c1OC. The van der Waals surface area contributed by atoms with E-state index >= 15 is 0 Å². The third-order valence-electron chi connectivity index (χ3n) is 5.12. The summed E-state index contributed by atoms with van der Waals surface area (Å²) < 4.78 is 10.8. The molecule has 1 aliphatic rings. The summed E-state index contributed by atoms with van der Waals surface area (Å²) in [7, 11) is 3.15. The van der Waals surface area contributed by atoms with Gasteiger partial charge < -0.3 is 19.7 Å². The van der Waals surface area contributed by atoms with Crippen LogP contribution in [0.15, 0.2) is 43.1 Å². The van der Waals surface area contributed by atoms with Gasteiger partial charge in [-0.25, -0.2) is 4.98 Å². The Kier molecular flexibility index (Phi) is 7.11. The van der Waals surface area contributed by atoms with Gasteiger partial charge in [-0.2, -0.15) is 0 Å². The van der Waals surface area contributed by atoms with Gasteiger partial charge in [0.05, 0.1) is 14.2 Å². The number of hydrogen-bond acceptors (Lipinski definition) is 5. The van der Waals surface area contributed by atoms with E-state index in [0.29, 0.717) is 30.0 Å². The molecule has 29 heavy (non-hydrogen) atoms. The molecule has 3 rings (SSSR count). The molecule has 2 heterocycles. The van der Waals surface area contributed by atoms with Crippen LogP contribution in [0.1, 0.15) is 40.7 Å². The average Bonchev–Trinajstić information content (AvgIpc) is 2.78. The Morgan fingerprint density at radius 3 is 2.62 bits per heavy atom. The number of ether oxygens (including phenoxy) is 2. The molecule has 0 spiro atoms. The minimum absolute atomic E-state index is 0.170. The van der Waals surface area contributed by atoms with Gasteiger partial charge in [0.25, 0.3) is 5.91 Å². The molecule has 6 nitrogen and oxygen atoms in total. The zero-order valence-corrected chi connectivity index (χ0v) is 17.2. The highest BCUT2D eigenvalue weighted by atomic mass is 16.5. The second-order valence-corrected chi connectivity index (χ2v) is 7.12. The molecule has 0 atom stereocenters. The van der Waals surface area contributed by atoms with Crippen LogP contribution in [-0.4, -0.2) is 38.2 Å². The fourth-order valence-electron chi connectivity index (χ4n) is 3.60. The lowest BCUT2D eigenvalue weighted by molar-refractivity contribution is 0.0950. The van der Waals surface area contributed by atoms with Crippen LogP contribution < -0.4 is 19.7 Å². The van der Waals surface area contributed by atoms with Gasteiger partial charge in [0.2, 0.25) is 0 Å². The standard InChI is InChI=1S/C23H29N3O3/c1-4-8-18-13-19(14-20(28-2)22(18)29-3)23(27)25-16-17-9-10-21(24-15-17)26-11-6-5-7-12-26/h4,9-10,13-15H,1,5-8,11-12,16H2,2-3H3,(H,25,27). The molecule has 1 fully saturated rings. The van der Waals surface area contributed by atoms with E-state index in [1.165, 1.54) is 19.3 Å². The first-order valence-corrected chi connectivity index (χ1v) is 10.00. The van der Waals surface area contributed by atoms with E-state index < -0.39 is 0 Å². The van der Waals surface area contributed by atoms with Crippen LogP contribution in [0.25, 0.3) is 0 Å². The highest BCUT2D eigenvalue weighted by molar-refractivity contribution is 5.95. The van der Waals surface area contributed by atoms with E-state index in [9.17, 15) is 4.79 Å². The normalized spacial score (nSPS) is 13.7. The summed E-state index contributed by atoms with van der Waals surface area (Å²) in [6.45, 7) is 6.31. The Morgan fingerprint density at radius 2 is 2.00 bits per heavy atom. The molecule has 1 N–H and O–H groups in total. The molecule has 2 aromatic rings. The summed E-state index contributed by atoms with van der Waals surface area (Å²) in [5, 5.41) is 2.96. The van der Waals surface area contributed by atoms with Crippen molar-refractivity contribution in [1.29, 1.82) is 0 Å². The number of aromatic nitrogens is 1. The smallest absolute Gasteiger partial charge is 0.251 e. The van der Waals surface area contributed by atoms with Gasteiger partial charge in [-0.05, 0) is 49.4 Å². The molecule has 154 valence electrons. The number of carbonyl (C=O) groups excluding carboxylic acids is 1. The summed E-state index contributed by atoms with van der Waals surface area (Å²) in [4.78, 5) is 19.6. The Balaban J connectivity index is 1.67. The second kappa shape index (κ2) is 9.96. The molecular weight excluding hydrogens is 366 g/mol. The Labute approximate surface area is 172 Å². The van der Waals surface area contributed by atoms with Crippen LogP contribution in [0, 0.1) is 0 Å². The molecule has 0 radical (unpaired) electrons. The lowest BCUT2D eigenvalue weighted by Gasteiger charge is -2.27. The zero-order chi connectivity index (χ0) is 20.6. The van der Waals surface area contributed by atoms with Crippen molar-refractivity contribution in [1.82, 2.24) is 10.3 Å². The number of pyridine rings is 1. The fourth-order valence-corrected chi connectivity index (χ4v) is 3.60. The number of nitrogens with zero attached hydrogens (tertiary/aromatic N) is 2. The highest BCUT2D eigenvalue weighted by Gasteiger charge is 2.16. The van der Waals surface area contributed by atoms with Crippen molar-refractivity contribution in [3.05, 3.63) is 59.8 Å². The number of benzene rings is 1. The predicted molar refractivity (Wildman–Crippen MR) is 115 cm³/mol. The first-order chi connectivity index (χ1) is 14.2. The van der Waals surface area contributed by atoms with Gasteiger partial charge in [0, 0.05) is 37.0 Å². The minimum atomic E-state index is -0.170. The number of carbonyl (C=O) groups is 1. The van der Waals surface area contributed by atoms with E-state index in [1.54, 1.807) is 26.4 Å². The molecule has 0 unspecified atom stereocenters. The monoisotopic (exact) mass is 395 g/mol. The number of hydrogen-bond donors (Lipinski definition) is 1. The second-order valence-electron chi connectivity index (χ2n) is 7.12. The van der Waals surface area contributed by atoms with Crippen LogP contribution in [-0.2, 0) is 13.0 Å². The predicted octanol–water partition coefficient (Wildman–Crippen LogP) is 3.75. The van der Waals surface area contributed by atoms with Crippen molar-refractivity contribution >= 4 is 11.7 Å². The van der Waals surface area contributed by atoms with Crippen LogP contribution in [0.4, 0.5) is 5.82 Å². The van der Waals surface area contributed by atoms with Crippen LogP contribution in [0.5, 0.6) is 11.5 Å². The molecule has 6 heteroatoms. The molecule has 1 aromatic carbocycles. The van der Waals surface area contributed by atoms with E-state index in [-0.39, 0.29) is 5.91 Å². The number of amides is 1. The average molecular weight is 396 g/mol. The van der Waals surface area contributed by atoms with Gasteiger partial charge in [-0.1, -0.05) is 12.1 Å². The Bertz CT molecular complexity index is 843. The number of anilines is 1. The van der Waals surface area contributed by atoms with E-state index in [1.807, 2.05) is 24.4 Å². The summed E-state index contributed by atoms with van der Waals surface area (Å²) >= 11 is 0. The lowest BCUT2D eigenvalue weighted by Crippen LogP contribution is -2.30. The molecule has 0 saturated carbocycles. The van der Waals surface area contributed by atoms with Crippen molar-refractivity contribution in [2.75, 3.05) is 32.2 Å². The molecule has 1 saturated heterocycles. The van der Waals surface area contributed by atoms with Crippen molar-refractivity contribution in [2.45, 2.75) is 32.2 Å². The maximum absolute atomic E-state index is 12.7. The van der Waals surface area contributed by atoms with Crippen molar-refractivity contribution < 1.29 is 14.3 Å². The number of piperidine rings is 1. The quantitative estimate of drug-likeness (QED) is 0.690. The number of rotatable bonds is 8. The van der Waals surface area contributed by atoms with Gasteiger partial charge in [0.1, 0.15) is 5.82 Å². The van der Waals surface area contributed by atoms with Crippen LogP contribution >= 0.6 is 0 Å². The number of nitrogens with one attached hydrogen (secondary N) is 1. The van der Waals surface area contributed by atoms with Crippen LogP contribution in [0.3, 0.4) is 0 Å². The number of allylic oxidation sites excluding steroid dienone is 1. The largest absolute Gasteiger partial charge is 0.493 e. The molecule has 1 aromatic heterocycles. The molecule has 1 amide bonds. The summed E-state index contributed by atoms with van der Waals surface area (Å²) in [6.07, 6.45) is 7.93. The van der Waals surface area contributed by atoms with E-state index in [0.717, 1.165) is 30.0 Å². The van der Waals surface area contributed by atoms with Gasteiger partial charge >= 0.3 is 0 Å². The third-order valence-corrected chi connectivity index (χ3v) is 5.12. The van der Waals surface area contributed by atoms with Gasteiger partial charge in [0.15, 0.2) is 11.5 Å². The van der Waals surface area contributed by atoms with E-state index in [2.05, 4.69) is 21.8 Å². The minimum Gasteiger partial charge on any atom is -0.493 e. The van der Waals surface area contributed by atoms with Crippen molar-refractivity contribution in [3.63, 3.8) is 0 Å². The first kappa shape index (κ1) is 20.7. The summed E-state index contributed by atoms with van der Waals surface area (Å²) in [5.74, 6) is 2.00. The van der Waals surface area contributed by atoms with Crippen LogP contribution in [0.2, 0.25) is 0 Å². The lowest BCUT2D eigenvalue weighted by atomic mass is 10.0. The summed E-state index contributed by atoms with van der Waals surface area (Å²) in [6, 6.07) is 7.56. The number of methoxy groups -OCH3 is 2. The van der Waals surface area contributed by atoms with Crippen molar-refractivity contribution in [3.8, 4) is 11.5 Å². The van der Waals surface area contributed by atoms with Gasteiger partial charge in [-0.15, -0.1) is 6.58 Å². The molecule has 0 bridgehead atoms. The fraction of sp³-hybridized carbons (Fsp3) is 0.391. The highest BCUT2D eigenvalue weighted by Crippen LogP contribution is 2.33. The Hall–Kier alpha value is -3.02. The molecular formula is C23H29N3O3. The summed E-state index contributed by atoms with van der Waals surface area (Å²) in [5.41, 5.74) is 2.35. The third kappa shape index (κ3) is 5.08. The van der Waals surface area contributed by atoms with E-state index in [4.69, 9.17) is 9.47 Å². The maximum Gasteiger partial charge on any atom is 0.251 e. The Morgan fingerprint density at radius 1 is 1.21 bits per heavy atom. The maximum atomic E-state index is 12.7. The topological polar surface area (TPSA) is 63.7 Å². The van der Waals surface area contributed by atoms with Gasteiger partial charge in [-0.3, -0.25) is 4.79 Å².